The van der Waals surface area contributed by atoms with Crippen molar-refractivity contribution in [1.29, 1.82) is 0 Å². The van der Waals surface area contributed by atoms with E-state index in [9.17, 15) is 9.18 Å². The van der Waals surface area contributed by atoms with Gasteiger partial charge in [0, 0.05) is 22.7 Å². The lowest BCUT2D eigenvalue weighted by Crippen LogP contribution is -2.14. The molecule has 0 saturated heterocycles. The number of rotatable bonds is 2. The third-order valence-electron chi connectivity index (χ3n) is 3.44. The maximum atomic E-state index is 14.2. The first-order chi connectivity index (χ1) is 10.5. The van der Waals surface area contributed by atoms with Gasteiger partial charge >= 0.3 is 0 Å². The van der Waals surface area contributed by atoms with Gasteiger partial charge < -0.3 is 5.73 Å². The maximum Gasteiger partial charge on any atom is 0.249 e. The molecule has 2 aromatic heterocycles. The van der Waals surface area contributed by atoms with Gasteiger partial charge in [-0.15, -0.1) is 0 Å². The first-order valence-corrected chi connectivity index (χ1v) is 6.87. The largest absolute Gasteiger partial charge is 0.366 e. The van der Waals surface area contributed by atoms with Crippen LogP contribution in [0, 0.1) is 12.7 Å². The fourth-order valence-corrected chi connectivity index (χ4v) is 2.59. The molecule has 22 heavy (non-hydrogen) atoms. The highest BCUT2D eigenvalue weighted by Gasteiger charge is 2.15. The fraction of sp³-hybridized carbons (Fsp3) is 0.0625. The first-order valence-electron chi connectivity index (χ1n) is 6.49. The van der Waals surface area contributed by atoms with Crippen molar-refractivity contribution in [1.82, 2.24) is 9.97 Å². The predicted octanol–water partition coefficient (Wildman–Crippen LogP) is 3.50. The van der Waals surface area contributed by atoms with Crippen LogP contribution in [0.15, 0.2) is 36.5 Å². The molecule has 4 nitrogen and oxygen atoms in total. The third kappa shape index (κ3) is 2.40. The molecule has 3 aromatic rings. The summed E-state index contributed by atoms with van der Waals surface area (Å²) in [5, 5.41) is 0.764. The van der Waals surface area contributed by atoms with E-state index in [4.69, 9.17) is 17.3 Å². The zero-order valence-corrected chi connectivity index (χ0v) is 12.4. The topological polar surface area (TPSA) is 68.9 Å². The van der Waals surface area contributed by atoms with Crippen LogP contribution in [0.25, 0.3) is 22.2 Å². The Balaban J connectivity index is 2.30. The van der Waals surface area contributed by atoms with Crippen molar-refractivity contribution in [2.45, 2.75) is 6.92 Å². The molecular formula is C16H11ClFN3O. The Kier molecular flexibility index (Phi) is 3.50. The molecule has 0 aliphatic heterocycles. The summed E-state index contributed by atoms with van der Waals surface area (Å²) >= 11 is 5.95. The predicted molar refractivity (Wildman–Crippen MR) is 83.2 cm³/mol. The van der Waals surface area contributed by atoms with Crippen LogP contribution in [0.2, 0.25) is 5.15 Å². The summed E-state index contributed by atoms with van der Waals surface area (Å²) in [5.41, 5.74) is 7.38. The number of amides is 1. The summed E-state index contributed by atoms with van der Waals surface area (Å²) in [6, 6.07) is 7.96. The fourth-order valence-electron chi connectivity index (χ4n) is 2.40. The van der Waals surface area contributed by atoms with E-state index in [0.717, 1.165) is 0 Å². The molecule has 1 aromatic carbocycles. The van der Waals surface area contributed by atoms with Crippen molar-refractivity contribution in [3.05, 3.63) is 58.6 Å². The van der Waals surface area contributed by atoms with Crippen LogP contribution in [0.3, 0.4) is 0 Å². The highest BCUT2D eigenvalue weighted by molar-refractivity contribution is 6.30. The van der Waals surface area contributed by atoms with E-state index >= 15 is 0 Å². The third-order valence-corrected chi connectivity index (χ3v) is 3.63. The van der Waals surface area contributed by atoms with E-state index in [2.05, 4.69) is 9.97 Å². The Morgan fingerprint density at radius 3 is 2.82 bits per heavy atom. The number of aromatic nitrogens is 2. The SMILES string of the molecule is Cc1c(C(N)=O)cc(Cl)nc1-c1cc(F)c2ncccc2c1. The smallest absolute Gasteiger partial charge is 0.249 e. The number of fused-ring (bicyclic) bond motifs is 1. The lowest BCUT2D eigenvalue weighted by molar-refractivity contribution is 0.0999. The Hall–Kier alpha value is -2.53. The van der Waals surface area contributed by atoms with Crippen LogP contribution in [-0.2, 0) is 0 Å². The second kappa shape index (κ2) is 5.35. The van der Waals surface area contributed by atoms with Crippen molar-refractivity contribution in [3.8, 4) is 11.3 Å². The highest BCUT2D eigenvalue weighted by Crippen LogP contribution is 2.29. The zero-order valence-electron chi connectivity index (χ0n) is 11.6. The lowest BCUT2D eigenvalue weighted by Gasteiger charge is -2.10. The monoisotopic (exact) mass is 315 g/mol. The number of benzene rings is 1. The normalized spacial score (nSPS) is 10.9. The molecule has 0 fully saturated rings. The molecule has 0 unspecified atom stereocenters. The molecule has 0 aliphatic carbocycles. The molecule has 0 spiro atoms. The summed E-state index contributed by atoms with van der Waals surface area (Å²) in [4.78, 5) is 19.7. The number of carbonyl (C=O) groups is 1. The number of primary amides is 1. The number of halogens is 2. The maximum absolute atomic E-state index is 14.2. The average Bonchev–Trinajstić information content (AvgIpc) is 2.49. The molecule has 6 heteroatoms. The molecule has 2 N–H and O–H groups in total. The molecule has 3 rings (SSSR count). The Morgan fingerprint density at radius 2 is 2.09 bits per heavy atom. The Morgan fingerprint density at radius 1 is 1.32 bits per heavy atom. The molecule has 0 aliphatic rings. The van der Waals surface area contributed by atoms with E-state index in [1.54, 1.807) is 25.1 Å². The molecule has 2 heterocycles. The zero-order chi connectivity index (χ0) is 15.9. The molecule has 0 saturated carbocycles. The Labute approximate surface area is 130 Å². The van der Waals surface area contributed by atoms with Gasteiger partial charge in [-0.3, -0.25) is 9.78 Å². The van der Waals surface area contributed by atoms with Crippen molar-refractivity contribution in [2.75, 3.05) is 0 Å². The van der Waals surface area contributed by atoms with Crippen molar-refractivity contribution < 1.29 is 9.18 Å². The van der Waals surface area contributed by atoms with E-state index < -0.39 is 11.7 Å². The minimum Gasteiger partial charge on any atom is -0.366 e. The molecule has 0 bridgehead atoms. The van der Waals surface area contributed by atoms with Gasteiger partial charge in [0.05, 0.1) is 5.69 Å². The molecule has 1 amide bonds. The van der Waals surface area contributed by atoms with Crippen molar-refractivity contribution in [2.24, 2.45) is 5.73 Å². The van der Waals surface area contributed by atoms with Crippen LogP contribution in [0.1, 0.15) is 15.9 Å². The van der Waals surface area contributed by atoms with Crippen LogP contribution >= 0.6 is 11.6 Å². The van der Waals surface area contributed by atoms with E-state index in [-0.39, 0.29) is 16.2 Å². The van der Waals surface area contributed by atoms with Crippen molar-refractivity contribution in [3.63, 3.8) is 0 Å². The van der Waals surface area contributed by atoms with E-state index in [1.807, 2.05) is 0 Å². The van der Waals surface area contributed by atoms with Gasteiger partial charge in [-0.25, -0.2) is 9.37 Å². The molecule has 110 valence electrons. The average molecular weight is 316 g/mol. The summed E-state index contributed by atoms with van der Waals surface area (Å²) in [5.74, 6) is -1.07. The van der Waals surface area contributed by atoms with Gasteiger partial charge in [0.25, 0.3) is 0 Å². The number of carbonyl (C=O) groups excluding carboxylic acids is 1. The van der Waals surface area contributed by atoms with Gasteiger partial charge in [0.2, 0.25) is 5.91 Å². The van der Waals surface area contributed by atoms with Gasteiger partial charge in [-0.1, -0.05) is 17.7 Å². The second-order valence-electron chi connectivity index (χ2n) is 4.86. The highest BCUT2D eigenvalue weighted by atomic mass is 35.5. The number of nitrogens with zero attached hydrogens (tertiary/aromatic N) is 2. The molecular weight excluding hydrogens is 305 g/mol. The van der Waals surface area contributed by atoms with Crippen LogP contribution in [0.5, 0.6) is 0 Å². The standard InChI is InChI=1S/C16H11ClFN3O/c1-8-11(16(19)22)7-13(17)21-14(8)10-5-9-3-2-4-20-15(9)12(18)6-10/h2-7H,1H3,(H2,19,22). The van der Waals surface area contributed by atoms with Crippen LogP contribution in [-0.4, -0.2) is 15.9 Å². The number of nitrogens with two attached hydrogens (primary N) is 1. The van der Waals surface area contributed by atoms with Crippen LogP contribution < -0.4 is 5.73 Å². The summed E-state index contributed by atoms with van der Waals surface area (Å²) in [7, 11) is 0. The second-order valence-corrected chi connectivity index (χ2v) is 5.25. The summed E-state index contributed by atoms with van der Waals surface area (Å²) in [6.07, 6.45) is 1.53. The Bertz CT molecular complexity index is 911. The number of pyridine rings is 2. The number of hydrogen-bond donors (Lipinski definition) is 1. The molecule has 0 atom stereocenters. The van der Waals surface area contributed by atoms with Gasteiger partial charge in [-0.2, -0.15) is 0 Å². The van der Waals surface area contributed by atoms with Crippen LogP contribution in [0.4, 0.5) is 4.39 Å². The van der Waals surface area contributed by atoms with E-state index in [1.165, 1.54) is 18.3 Å². The molecule has 0 radical (unpaired) electrons. The first kappa shape index (κ1) is 14.4. The summed E-state index contributed by atoms with van der Waals surface area (Å²) in [6.45, 7) is 1.70. The summed E-state index contributed by atoms with van der Waals surface area (Å²) < 4.78 is 14.2. The van der Waals surface area contributed by atoms with Gasteiger partial charge in [-0.05, 0) is 36.8 Å². The minimum absolute atomic E-state index is 0.126. The van der Waals surface area contributed by atoms with Crippen molar-refractivity contribution >= 4 is 28.4 Å². The number of hydrogen-bond acceptors (Lipinski definition) is 3. The van der Waals surface area contributed by atoms with Gasteiger partial charge in [0.1, 0.15) is 16.5 Å². The minimum atomic E-state index is -0.606. The quantitative estimate of drug-likeness (QED) is 0.736. The van der Waals surface area contributed by atoms with E-state index in [0.29, 0.717) is 22.2 Å². The lowest BCUT2D eigenvalue weighted by atomic mass is 10.0. The van der Waals surface area contributed by atoms with Gasteiger partial charge in [0.15, 0.2) is 0 Å².